The van der Waals surface area contributed by atoms with Crippen molar-refractivity contribution in [3.63, 3.8) is 0 Å². The third-order valence-corrected chi connectivity index (χ3v) is 2.35. The molecule has 0 saturated carbocycles. The van der Waals surface area contributed by atoms with E-state index in [-0.39, 0.29) is 12.1 Å². The SMILES string of the molecule is CNCC(OCCC(F)(F)F)c1ccccc1F. The van der Waals surface area contributed by atoms with Crippen molar-refractivity contribution in [2.24, 2.45) is 0 Å². The molecule has 1 atom stereocenters. The fraction of sp³-hybridized carbons (Fsp3) is 0.500. The van der Waals surface area contributed by atoms with Crippen molar-refractivity contribution in [1.29, 1.82) is 0 Å². The van der Waals surface area contributed by atoms with Gasteiger partial charge in [0.2, 0.25) is 0 Å². The highest BCUT2D eigenvalue weighted by atomic mass is 19.4. The summed E-state index contributed by atoms with van der Waals surface area (Å²) in [4.78, 5) is 0. The lowest BCUT2D eigenvalue weighted by Gasteiger charge is -2.19. The van der Waals surface area contributed by atoms with Gasteiger partial charge in [-0.15, -0.1) is 0 Å². The predicted octanol–water partition coefficient (Wildman–Crippen LogP) is 3.06. The lowest BCUT2D eigenvalue weighted by atomic mass is 10.1. The van der Waals surface area contributed by atoms with Crippen LogP contribution in [0.2, 0.25) is 0 Å². The van der Waals surface area contributed by atoms with Crippen LogP contribution in [0.1, 0.15) is 18.1 Å². The Morgan fingerprint density at radius 2 is 1.94 bits per heavy atom. The van der Waals surface area contributed by atoms with Crippen LogP contribution in [0.25, 0.3) is 0 Å². The van der Waals surface area contributed by atoms with Gasteiger partial charge in [0.25, 0.3) is 0 Å². The zero-order chi connectivity index (χ0) is 13.6. The fourth-order valence-corrected chi connectivity index (χ4v) is 1.50. The average molecular weight is 265 g/mol. The minimum absolute atomic E-state index is 0.249. The van der Waals surface area contributed by atoms with Crippen LogP contribution in [-0.2, 0) is 4.74 Å². The van der Waals surface area contributed by atoms with Gasteiger partial charge in [-0.1, -0.05) is 18.2 Å². The van der Waals surface area contributed by atoms with Crippen molar-refractivity contribution in [2.45, 2.75) is 18.7 Å². The smallest absolute Gasteiger partial charge is 0.372 e. The van der Waals surface area contributed by atoms with E-state index in [1.165, 1.54) is 18.2 Å². The van der Waals surface area contributed by atoms with Gasteiger partial charge in [0.15, 0.2) is 0 Å². The lowest BCUT2D eigenvalue weighted by Crippen LogP contribution is -2.22. The van der Waals surface area contributed by atoms with Crippen molar-refractivity contribution < 1.29 is 22.3 Å². The first-order valence-electron chi connectivity index (χ1n) is 5.51. The second kappa shape index (κ2) is 6.70. The van der Waals surface area contributed by atoms with Gasteiger partial charge < -0.3 is 10.1 Å². The fourth-order valence-electron chi connectivity index (χ4n) is 1.50. The molecule has 0 aliphatic rings. The van der Waals surface area contributed by atoms with Gasteiger partial charge in [-0.25, -0.2) is 4.39 Å². The van der Waals surface area contributed by atoms with Gasteiger partial charge >= 0.3 is 6.18 Å². The number of nitrogens with one attached hydrogen (secondary N) is 1. The molecule has 0 spiro atoms. The van der Waals surface area contributed by atoms with Crippen LogP contribution in [0, 0.1) is 5.82 Å². The topological polar surface area (TPSA) is 21.3 Å². The summed E-state index contributed by atoms with van der Waals surface area (Å²) < 4.78 is 54.6. The zero-order valence-corrected chi connectivity index (χ0v) is 9.93. The molecule has 6 heteroatoms. The minimum Gasteiger partial charge on any atom is -0.372 e. The summed E-state index contributed by atoms with van der Waals surface area (Å²) in [5.74, 6) is -0.482. The molecule has 2 nitrogen and oxygen atoms in total. The summed E-state index contributed by atoms with van der Waals surface area (Å²) >= 11 is 0. The van der Waals surface area contributed by atoms with Crippen LogP contribution < -0.4 is 5.32 Å². The standard InChI is InChI=1S/C12H15F4NO/c1-17-8-11(18-7-6-12(14,15)16)9-4-2-3-5-10(9)13/h2-5,11,17H,6-8H2,1H3. The molecule has 0 fully saturated rings. The van der Waals surface area contributed by atoms with Crippen molar-refractivity contribution in [3.05, 3.63) is 35.6 Å². The monoisotopic (exact) mass is 265 g/mol. The van der Waals surface area contributed by atoms with Crippen LogP contribution in [0.15, 0.2) is 24.3 Å². The molecule has 0 bridgehead atoms. The minimum atomic E-state index is -4.26. The van der Waals surface area contributed by atoms with Crippen molar-refractivity contribution in [1.82, 2.24) is 5.32 Å². The average Bonchev–Trinajstić information content (AvgIpc) is 2.27. The Kier molecular flexibility index (Phi) is 5.55. The highest BCUT2D eigenvalue weighted by Crippen LogP contribution is 2.23. The van der Waals surface area contributed by atoms with Gasteiger partial charge in [0.05, 0.1) is 19.1 Å². The Morgan fingerprint density at radius 3 is 2.50 bits per heavy atom. The maximum atomic E-state index is 13.5. The Morgan fingerprint density at radius 1 is 1.28 bits per heavy atom. The van der Waals surface area contributed by atoms with Crippen LogP contribution in [0.3, 0.4) is 0 Å². The Balaban J connectivity index is 2.63. The zero-order valence-electron chi connectivity index (χ0n) is 9.93. The highest BCUT2D eigenvalue weighted by Gasteiger charge is 2.27. The molecule has 0 amide bonds. The Bertz CT molecular complexity index is 367. The maximum Gasteiger partial charge on any atom is 0.391 e. The van der Waals surface area contributed by atoms with E-state index in [0.717, 1.165) is 0 Å². The largest absolute Gasteiger partial charge is 0.391 e. The van der Waals surface area contributed by atoms with Gasteiger partial charge in [-0.3, -0.25) is 0 Å². The Labute approximate surface area is 103 Å². The molecule has 0 aliphatic heterocycles. The van der Waals surface area contributed by atoms with E-state index in [1.807, 2.05) is 0 Å². The molecule has 1 aromatic rings. The summed E-state index contributed by atoms with van der Waals surface area (Å²) in [5.41, 5.74) is 0.258. The summed E-state index contributed by atoms with van der Waals surface area (Å²) in [6, 6.07) is 5.90. The van der Waals surface area contributed by atoms with Crippen molar-refractivity contribution >= 4 is 0 Å². The molecule has 0 aliphatic carbocycles. The van der Waals surface area contributed by atoms with Crippen molar-refractivity contribution in [3.8, 4) is 0 Å². The van der Waals surface area contributed by atoms with Gasteiger partial charge in [0.1, 0.15) is 5.82 Å². The third kappa shape index (κ3) is 5.01. The molecule has 0 radical (unpaired) electrons. The Hall–Kier alpha value is -1.14. The number of rotatable bonds is 6. The summed E-state index contributed by atoms with van der Waals surface area (Å²) in [6.45, 7) is -0.233. The second-order valence-corrected chi connectivity index (χ2v) is 3.80. The first-order chi connectivity index (χ1) is 8.44. The first-order valence-corrected chi connectivity index (χ1v) is 5.51. The maximum absolute atomic E-state index is 13.5. The number of hydrogen-bond donors (Lipinski definition) is 1. The first kappa shape index (κ1) is 14.9. The van der Waals surface area contributed by atoms with Crippen LogP contribution in [-0.4, -0.2) is 26.4 Å². The summed E-state index contributed by atoms with van der Waals surface area (Å²) in [5, 5.41) is 2.77. The van der Waals surface area contributed by atoms with E-state index in [1.54, 1.807) is 13.1 Å². The molecule has 18 heavy (non-hydrogen) atoms. The normalized spacial score (nSPS) is 13.6. The molecule has 1 N–H and O–H groups in total. The number of benzene rings is 1. The third-order valence-electron chi connectivity index (χ3n) is 2.35. The van der Waals surface area contributed by atoms with Crippen LogP contribution in [0.5, 0.6) is 0 Å². The summed E-state index contributed by atoms with van der Waals surface area (Å²) in [7, 11) is 1.63. The molecule has 0 heterocycles. The molecule has 102 valence electrons. The molecular weight excluding hydrogens is 250 g/mol. The molecule has 1 aromatic carbocycles. The molecular formula is C12H15F4NO. The molecule has 1 unspecified atom stereocenters. The lowest BCUT2D eigenvalue weighted by molar-refractivity contribution is -0.149. The van der Waals surface area contributed by atoms with Gasteiger partial charge in [0, 0.05) is 12.1 Å². The van der Waals surface area contributed by atoms with Crippen LogP contribution >= 0.6 is 0 Å². The van der Waals surface area contributed by atoms with E-state index >= 15 is 0 Å². The van der Waals surface area contributed by atoms with Crippen LogP contribution in [0.4, 0.5) is 17.6 Å². The van der Waals surface area contributed by atoms with Gasteiger partial charge in [-0.05, 0) is 13.1 Å². The van der Waals surface area contributed by atoms with E-state index in [0.29, 0.717) is 0 Å². The predicted molar refractivity (Wildman–Crippen MR) is 59.7 cm³/mol. The van der Waals surface area contributed by atoms with E-state index in [2.05, 4.69) is 5.32 Å². The van der Waals surface area contributed by atoms with Gasteiger partial charge in [-0.2, -0.15) is 13.2 Å². The summed E-state index contributed by atoms with van der Waals surface area (Å²) in [6.07, 6.45) is -6.03. The van der Waals surface area contributed by atoms with E-state index < -0.39 is 31.1 Å². The highest BCUT2D eigenvalue weighted by molar-refractivity contribution is 5.20. The van der Waals surface area contributed by atoms with E-state index in [9.17, 15) is 17.6 Å². The number of likely N-dealkylation sites (N-methyl/N-ethyl adjacent to an activating group) is 1. The number of ether oxygens (including phenoxy) is 1. The number of halogens is 4. The molecule has 1 rings (SSSR count). The second-order valence-electron chi connectivity index (χ2n) is 3.80. The number of alkyl halides is 3. The molecule has 0 aromatic heterocycles. The van der Waals surface area contributed by atoms with E-state index in [4.69, 9.17) is 4.74 Å². The quantitative estimate of drug-likeness (QED) is 0.798. The van der Waals surface area contributed by atoms with Crippen molar-refractivity contribution in [2.75, 3.05) is 20.2 Å². The molecule has 0 saturated heterocycles. The number of hydrogen-bond acceptors (Lipinski definition) is 2.